The molecular formula is C29H54OSi. The second kappa shape index (κ2) is 8.44. The molecule has 4 rings (SSSR count). The zero-order valence-corrected chi connectivity index (χ0v) is 23.4. The largest absolute Gasteiger partial charge is 0.413 e. The summed E-state index contributed by atoms with van der Waals surface area (Å²) in [7, 11) is -1.70. The van der Waals surface area contributed by atoms with Gasteiger partial charge in [0.15, 0.2) is 8.32 Å². The van der Waals surface area contributed by atoms with Gasteiger partial charge in [-0.05, 0) is 116 Å². The quantitative estimate of drug-likeness (QED) is 0.382. The number of fused-ring (bicyclic) bond motifs is 5. The zero-order chi connectivity index (χ0) is 22.7. The SMILES string of the molecule is CCCCC1CC[C@@]2(C)[C@H](CC[C@@H]3[C@@H]2CC[C@]2(C)C(O[Si](C)(C)C(C)(C)C)CC[C@@H]32)C1. The van der Waals surface area contributed by atoms with Crippen LogP contribution < -0.4 is 0 Å². The van der Waals surface area contributed by atoms with E-state index >= 15 is 0 Å². The molecule has 0 amide bonds. The number of hydrogen-bond acceptors (Lipinski definition) is 1. The minimum atomic E-state index is -1.70. The summed E-state index contributed by atoms with van der Waals surface area (Å²) in [6.45, 7) is 19.9. The fourth-order valence-electron chi connectivity index (χ4n) is 8.78. The summed E-state index contributed by atoms with van der Waals surface area (Å²) in [6, 6.07) is 0. The standard InChI is InChI=1S/C29H54OSi/c1-9-10-11-21-16-18-28(5)22(20-21)12-13-23-24-14-15-26(29(24,6)19-17-25(23)28)30-31(7,8)27(2,3)4/h21-26H,9-20H2,1-8H3/t21?,22-,23+,24+,25+,26?,28+,29+/m1/s1. The number of rotatable bonds is 5. The van der Waals surface area contributed by atoms with Crippen molar-refractivity contribution in [3.63, 3.8) is 0 Å². The van der Waals surface area contributed by atoms with E-state index < -0.39 is 8.32 Å². The van der Waals surface area contributed by atoms with Crippen LogP contribution in [0, 0.1) is 40.4 Å². The molecule has 0 saturated heterocycles. The third-order valence-electron chi connectivity index (χ3n) is 11.9. The van der Waals surface area contributed by atoms with Crippen LogP contribution in [0.4, 0.5) is 0 Å². The van der Waals surface area contributed by atoms with E-state index in [0.717, 1.165) is 29.6 Å². The predicted octanol–water partition coefficient (Wildman–Crippen LogP) is 9.23. The lowest BCUT2D eigenvalue weighted by Gasteiger charge is -2.61. The molecule has 1 nitrogen and oxygen atoms in total. The predicted molar refractivity (Wildman–Crippen MR) is 137 cm³/mol. The van der Waals surface area contributed by atoms with E-state index in [-0.39, 0.29) is 0 Å². The van der Waals surface area contributed by atoms with E-state index in [0.29, 0.717) is 22.0 Å². The van der Waals surface area contributed by atoms with Crippen molar-refractivity contribution in [2.75, 3.05) is 0 Å². The molecule has 0 N–H and O–H groups in total. The van der Waals surface area contributed by atoms with Gasteiger partial charge in [0.1, 0.15) is 0 Å². The minimum Gasteiger partial charge on any atom is -0.413 e. The molecule has 4 fully saturated rings. The lowest BCUT2D eigenvalue weighted by Crippen LogP contribution is -2.55. The first-order valence-corrected chi connectivity index (χ1v) is 17.0. The van der Waals surface area contributed by atoms with Crippen LogP contribution in [-0.2, 0) is 4.43 Å². The third-order valence-corrected chi connectivity index (χ3v) is 16.4. The Balaban J connectivity index is 1.48. The van der Waals surface area contributed by atoms with Crippen LogP contribution in [-0.4, -0.2) is 14.4 Å². The Morgan fingerprint density at radius 3 is 2.23 bits per heavy atom. The molecule has 0 aromatic carbocycles. The molecule has 4 saturated carbocycles. The second-order valence-electron chi connectivity index (χ2n) is 14.4. The lowest BCUT2D eigenvalue weighted by atomic mass is 9.44. The van der Waals surface area contributed by atoms with Gasteiger partial charge in [-0.2, -0.15) is 0 Å². The Morgan fingerprint density at radius 1 is 0.871 bits per heavy atom. The van der Waals surface area contributed by atoms with Crippen LogP contribution in [0.15, 0.2) is 0 Å². The Kier molecular flexibility index (Phi) is 6.62. The molecule has 31 heavy (non-hydrogen) atoms. The van der Waals surface area contributed by atoms with Gasteiger partial charge in [-0.15, -0.1) is 0 Å². The molecule has 4 aliphatic rings. The molecule has 0 aromatic rings. The molecule has 180 valence electrons. The summed E-state index contributed by atoms with van der Waals surface area (Å²) < 4.78 is 7.14. The van der Waals surface area contributed by atoms with Crippen LogP contribution in [0.5, 0.6) is 0 Å². The second-order valence-corrected chi connectivity index (χ2v) is 19.2. The van der Waals surface area contributed by atoms with Gasteiger partial charge in [0.05, 0.1) is 6.10 Å². The molecule has 8 atom stereocenters. The third kappa shape index (κ3) is 4.13. The lowest BCUT2D eigenvalue weighted by molar-refractivity contribution is -0.125. The molecule has 0 heterocycles. The van der Waals surface area contributed by atoms with Crippen molar-refractivity contribution >= 4 is 8.32 Å². The van der Waals surface area contributed by atoms with E-state index in [4.69, 9.17) is 4.43 Å². The molecule has 4 aliphatic carbocycles. The topological polar surface area (TPSA) is 9.23 Å². The molecule has 0 spiro atoms. The average Bonchev–Trinajstić information content (AvgIpc) is 3.01. The van der Waals surface area contributed by atoms with E-state index in [1.54, 1.807) is 6.42 Å². The zero-order valence-electron chi connectivity index (χ0n) is 22.4. The highest BCUT2D eigenvalue weighted by Crippen LogP contribution is 2.67. The number of hydrogen-bond donors (Lipinski definition) is 0. The van der Waals surface area contributed by atoms with Crippen molar-refractivity contribution in [2.24, 2.45) is 40.4 Å². The van der Waals surface area contributed by atoms with Crippen molar-refractivity contribution in [3.8, 4) is 0 Å². The van der Waals surface area contributed by atoms with Gasteiger partial charge in [-0.3, -0.25) is 0 Å². The first-order chi connectivity index (χ1) is 14.4. The molecule has 0 radical (unpaired) electrons. The highest BCUT2D eigenvalue weighted by molar-refractivity contribution is 6.74. The summed E-state index contributed by atoms with van der Waals surface area (Å²) >= 11 is 0. The minimum absolute atomic E-state index is 0.320. The Bertz CT molecular complexity index is 635. The summed E-state index contributed by atoms with van der Waals surface area (Å²) in [5, 5.41) is 0.320. The first-order valence-electron chi connectivity index (χ1n) is 14.1. The Morgan fingerprint density at radius 2 is 1.55 bits per heavy atom. The normalized spacial score (nSPS) is 45.7. The van der Waals surface area contributed by atoms with Crippen LogP contribution >= 0.6 is 0 Å². The van der Waals surface area contributed by atoms with Gasteiger partial charge in [0.25, 0.3) is 0 Å². The molecular weight excluding hydrogens is 392 g/mol. The summed E-state index contributed by atoms with van der Waals surface area (Å²) in [6.07, 6.45) is 18.2. The van der Waals surface area contributed by atoms with Crippen molar-refractivity contribution in [3.05, 3.63) is 0 Å². The summed E-state index contributed by atoms with van der Waals surface area (Å²) in [5.41, 5.74) is 1.09. The van der Waals surface area contributed by atoms with E-state index in [2.05, 4.69) is 54.6 Å². The Hall–Kier alpha value is 0.177. The van der Waals surface area contributed by atoms with Gasteiger partial charge in [-0.25, -0.2) is 0 Å². The highest BCUT2D eigenvalue weighted by Gasteiger charge is 2.61. The molecule has 0 bridgehead atoms. The van der Waals surface area contributed by atoms with Crippen molar-refractivity contribution < 1.29 is 4.43 Å². The monoisotopic (exact) mass is 446 g/mol. The Labute approximate surface area is 196 Å². The molecule has 2 heteroatoms. The van der Waals surface area contributed by atoms with Crippen molar-refractivity contribution in [1.82, 2.24) is 0 Å². The highest BCUT2D eigenvalue weighted by atomic mass is 28.4. The maximum absolute atomic E-state index is 7.14. The molecule has 0 aromatic heterocycles. The van der Waals surface area contributed by atoms with Crippen LogP contribution in [0.2, 0.25) is 18.1 Å². The van der Waals surface area contributed by atoms with Crippen LogP contribution in [0.25, 0.3) is 0 Å². The van der Waals surface area contributed by atoms with E-state index in [9.17, 15) is 0 Å². The summed E-state index contributed by atoms with van der Waals surface area (Å²) in [4.78, 5) is 0. The van der Waals surface area contributed by atoms with Gasteiger partial charge in [0, 0.05) is 0 Å². The van der Waals surface area contributed by atoms with Gasteiger partial charge < -0.3 is 4.43 Å². The first kappa shape index (κ1) is 24.3. The fraction of sp³-hybridized carbons (Fsp3) is 1.00. The van der Waals surface area contributed by atoms with Gasteiger partial charge in [-0.1, -0.05) is 60.8 Å². The van der Waals surface area contributed by atoms with Crippen LogP contribution in [0.3, 0.4) is 0 Å². The number of unbranched alkanes of at least 4 members (excludes halogenated alkanes) is 1. The molecule has 0 aliphatic heterocycles. The summed E-state index contributed by atoms with van der Waals surface area (Å²) in [5.74, 6) is 4.98. The van der Waals surface area contributed by atoms with E-state index in [1.165, 1.54) is 70.6 Å². The van der Waals surface area contributed by atoms with Crippen molar-refractivity contribution in [2.45, 2.75) is 143 Å². The maximum atomic E-state index is 7.14. The average molecular weight is 447 g/mol. The smallest absolute Gasteiger partial charge is 0.192 e. The fourth-order valence-corrected chi connectivity index (χ4v) is 10.2. The van der Waals surface area contributed by atoms with E-state index in [1.807, 2.05) is 0 Å². The van der Waals surface area contributed by atoms with Gasteiger partial charge in [0.2, 0.25) is 0 Å². The van der Waals surface area contributed by atoms with Gasteiger partial charge >= 0.3 is 0 Å². The van der Waals surface area contributed by atoms with Crippen LogP contribution in [0.1, 0.15) is 119 Å². The maximum Gasteiger partial charge on any atom is 0.192 e. The molecule has 2 unspecified atom stereocenters. The van der Waals surface area contributed by atoms with Crippen molar-refractivity contribution in [1.29, 1.82) is 0 Å².